The lowest BCUT2D eigenvalue weighted by Gasteiger charge is -2.22. The Bertz CT molecular complexity index is 641. The van der Waals surface area contributed by atoms with Gasteiger partial charge in [0.25, 0.3) is 10.2 Å². The zero-order valence-corrected chi connectivity index (χ0v) is 15.3. The highest BCUT2D eigenvalue weighted by molar-refractivity contribution is 7.86. The average molecular weight is 342 g/mol. The molecular weight excluding hydrogens is 316 g/mol. The normalized spacial score (nSPS) is 18.8. The van der Waals surface area contributed by atoms with Gasteiger partial charge in [0.2, 0.25) is 0 Å². The van der Waals surface area contributed by atoms with Crippen molar-refractivity contribution in [1.29, 1.82) is 0 Å². The van der Waals surface area contributed by atoms with Crippen LogP contribution in [0.5, 0.6) is 0 Å². The van der Waals surface area contributed by atoms with Crippen LogP contribution in [0.1, 0.15) is 30.4 Å². The molecule has 0 spiro atoms. The molecule has 0 radical (unpaired) electrons. The van der Waals surface area contributed by atoms with Crippen LogP contribution in [0.3, 0.4) is 0 Å². The van der Waals surface area contributed by atoms with Crippen molar-refractivity contribution in [2.45, 2.75) is 25.4 Å². The highest BCUT2D eigenvalue weighted by atomic mass is 32.2. The van der Waals surface area contributed by atoms with E-state index in [2.05, 4.69) is 15.3 Å². The average Bonchev–Trinajstić information content (AvgIpc) is 3.00. The van der Waals surface area contributed by atoms with Gasteiger partial charge in [-0.3, -0.25) is 0 Å². The fourth-order valence-electron chi connectivity index (χ4n) is 2.46. The minimum atomic E-state index is -3.46. The van der Waals surface area contributed by atoms with E-state index < -0.39 is 10.2 Å². The molecule has 0 aromatic carbocycles. The maximum absolute atomic E-state index is 12.2. The van der Waals surface area contributed by atoms with Crippen LogP contribution in [0.4, 0.5) is 5.82 Å². The Morgan fingerprint density at radius 1 is 1.22 bits per heavy atom. The van der Waals surface area contributed by atoms with Crippen molar-refractivity contribution in [2.75, 3.05) is 46.7 Å². The topological polar surface area (TPSA) is 81.7 Å². The monoisotopic (exact) mass is 342 g/mol. The molecule has 1 aliphatic heterocycles. The van der Waals surface area contributed by atoms with Gasteiger partial charge in [-0.15, -0.1) is 0 Å². The molecule has 1 aromatic heterocycles. The molecule has 1 aliphatic rings. The maximum atomic E-state index is 12.2. The van der Waals surface area contributed by atoms with Gasteiger partial charge >= 0.3 is 0 Å². The van der Waals surface area contributed by atoms with E-state index in [1.165, 1.54) is 22.7 Å². The molecule has 1 saturated heterocycles. The number of nitrogens with one attached hydrogen (secondary N) is 1. The summed E-state index contributed by atoms with van der Waals surface area (Å²) < 4.78 is 26.8. The van der Waals surface area contributed by atoms with E-state index in [0.717, 1.165) is 31.0 Å². The molecule has 1 N–H and O–H groups in total. The fourth-order valence-corrected chi connectivity index (χ4v) is 3.32. The van der Waals surface area contributed by atoms with Gasteiger partial charge in [0.05, 0.1) is 18.3 Å². The maximum Gasteiger partial charge on any atom is 0.281 e. The van der Waals surface area contributed by atoms with E-state index in [-0.39, 0.29) is 12.6 Å². The van der Waals surface area contributed by atoms with Gasteiger partial charge in [0.15, 0.2) is 0 Å². The van der Waals surface area contributed by atoms with E-state index >= 15 is 0 Å². The smallest absolute Gasteiger partial charge is 0.281 e. The van der Waals surface area contributed by atoms with Crippen molar-refractivity contribution in [3.8, 4) is 0 Å². The first kappa shape index (κ1) is 18.1. The molecule has 0 aliphatic carbocycles. The number of hydrogen-bond acceptors (Lipinski definition) is 6. The Kier molecular flexibility index (Phi) is 5.56. The highest BCUT2D eigenvalue weighted by Gasteiger charge is 2.24. The Balaban J connectivity index is 2.30. The molecule has 0 amide bonds. The number of anilines is 1. The first-order chi connectivity index (χ1) is 10.7. The molecule has 23 heavy (non-hydrogen) atoms. The van der Waals surface area contributed by atoms with E-state index in [4.69, 9.17) is 0 Å². The van der Waals surface area contributed by atoms with Crippen LogP contribution < -0.4 is 10.2 Å². The van der Waals surface area contributed by atoms with Crippen molar-refractivity contribution in [2.24, 2.45) is 0 Å². The molecule has 0 unspecified atom stereocenters. The van der Waals surface area contributed by atoms with Crippen LogP contribution in [0, 0.1) is 0 Å². The lowest BCUT2D eigenvalue weighted by atomic mass is 10.2. The van der Waals surface area contributed by atoms with Crippen molar-refractivity contribution in [3.63, 3.8) is 0 Å². The minimum absolute atomic E-state index is 0.143. The van der Waals surface area contributed by atoms with Gasteiger partial charge in [-0.1, -0.05) is 0 Å². The van der Waals surface area contributed by atoms with Crippen LogP contribution >= 0.6 is 0 Å². The quantitative estimate of drug-likeness (QED) is 0.796. The summed E-state index contributed by atoms with van der Waals surface area (Å²) in [4.78, 5) is 11.1. The SMILES string of the molecule is CN(C)c1cc(CN(C)S(=O)(=O)N(C)C)nc([C@@H]2CCCN2)n1. The molecule has 2 heterocycles. The number of hydrogen-bond donors (Lipinski definition) is 1. The standard InChI is InChI=1S/C14H26N6O2S/c1-18(2)13-9-11(10-20(5)23(21,22)19(3)4)16-14(17-13)12-7-6-8-15-12/h9,12,15H,6-8,10H2,1-5H3/t12-/m0/s1. The third kappa shape index (κ3) is 4.17. The van der Waals surface area contributed by atoms with E-state index in [0.29, 0.717) is 5.69 Å². The van der Waals surface area contributed by atoms with Crippen LogP contribution in [-0.2, 0) is 16.8 Å². The molecule has 0 saturated carbocycles. The summed E-state index contributed by atoms with van der Waals surface area (Å²) in [7, 11) is 4.96. The zero-order valence-electron chi connectivity index (χ0n) is 14.4. The predicted molar refractivity (Wildman–Crippen MR) is 90.4 cm³/mol. The van der Waals surface area contributed by atoms with Gasteiger partial charge < -0.3 is 10.2 Å². The summed E-state index contributed by atoms with van der Waals surface area (Å²) in [6.07, 6.45) is 2.10. The third-order valence-corrected chi connectivity index (χ3v) is 5.69. The lowest BCUT2D eigenvalue weighted by Crippen LogP contribution is -2.37. The Morgan fingerprint density at radius 3 is 2.43 bits per heavy atom. The largest absolute Gasteiger partial charge is 0.363 e. The lowest BCUT2D eigenvalue weighted by molar-refractivity contribution is 0.410. The zero-order chi connectivity index (χ0) is 17.2. The number of aromatic nitrogens is 2. The van der Waals surface area contributed by atoms with Gasteiger partial charge in [0, 0.05) is 41.3 Å². The number of nitrogens with zero attached hydrogens (tertiary/aromatic N) is 5. The van der Waals surface area contributed by atoms with Gasteiger partial charge in [-0.2, -0.15) is 17.0 Å². The van der Waals surface area contributed by atoms with E-state index in [9.17, 15) is 8.42 Å². The fraction of sp³-hybridized carbons (Fsp3) is 0.714. The molecule has 1 atom stereocenters. The summed E-state index contributed by atoms with van der Waals surface area (Å²) in [5, 5.41) is 3.38. The molecular formula is C14H26N6O2S. The molecule has 2 rings (SSSR count). The first-order valence-electron chi connectivity index (χ1n) is 7.64. The number of rotatable bonds is 6. The van der Waals surface area contributed by atoms with Crippen LogP contribution in [0.2, 0.25) is 0 Å². The third-order valence-electron chi connectivity index (χ3n) is 3.85. The van der Waals surface area contributed by atoms with E-state index in [1.54, 1.807) is 7.05 Å². The van der Waals surface area contributed by atoms with Crippen molar-refractivity contribution in [3.05, 3.63) is 17.6 Å². The molecule has 8 nitrogen and oxygen atoms in total. The first-order valence-corrected chi connectivity index (χ1v) is 9.04. The molecule has 1 fully saturated rings. The van der Waals surface area contributed by atoms with Crippen LogP contribution in [-0.4, -0.2) is 68.8 Å². The predicted octanol–water partition coefficient (Wildman–Crippen LogP) is 0.205. The Hall–Kier alpha value is -1.29. The second-order valence-electron chi connectivity index (χ2n) is 6.17. The van der Waals surface area contributed by atoms with Gasteiger partial charge in [-0.05, 0) is 19.4 Å². The van der Waals surface area contributed by atoms with Crippen molar-refractivity contribution >= 4 is 16.0 Å². The summed E-state index contributed by atoms with van der Waals surface area (Å²) >= 11 is 0. The second kappa shape index (κ2) is 7.08. The molecule has 0 bridgehead atoms. The highest BCUT2D eigenvalue weighted by Crippen LogP contribution is 2.23. The molecule has 130 valence electrons. The molecule has 9 heteroatoms. The van der Waals surface area contributed by atoms with E-state index in [1.807, 2.05) is 25.1 Å². The van der Waals surface area contributed by atoms with Crippen LogP contribution in [0.25, 0.3) is 0 Å². The summed E-state index contributed by atoms with van der Waals surface area (Å²) in [5.74, 6) is 1.52. The van der Waals surface area contributed by atoms with Crippen molar-refractivity contribution < 1.29 is 8.42 Å². The minimum Gasteiger partial charge on any atom is -0.363 e. The van der Waals surface area contributed by atoms with Gasteiger partial charge in [-0.25, -0.2) is 9.97 Å². The summed E-state index contributed by atoms with van der Waals surface area (Å²) in [6.45, 7) is 1.17. The Labute approximate surface area is 138 Å². The van der Waals surface area contributed by atoms with Gasteiger partial charge in [0.1, 0.15) is 11.6 Å². The Morgan fingerprint density at radius 2 is 1.91 bits per heavy atom. The summed E-state index contributed by atoms with van der Waals surface area (Å²) in [6, 6.07) is 1.98. The second-order valence-corrected chi connectivity index (χ2v) is 8.41. The van der Waals surface area contributed by atoms with Crippen molar-refractivity contribution in [1.82, 2.24) is 23.9 Å². The summed E-state index contributed by atoms with van der Waals surface area (Å²) in [5.41, 5.74) is 0.695. The van der Waals surface area contributed by atoms with Crippen LogP contribution in [0.15, 0.2) is 6.07 Å². The molecule has 1 aromatic rings.